The highest BCUT2D eigenvalue weighted by Crippen LogP contribution is 2.24. The summed E-state index contributed by atoms with van der Waals surface area (Å²) in [7, 11) is -4.04. The first-order valence-electron chi connectivity index (χ1n) is 5.51. The zero-order chi connectivity index (χ0) is 15.5. The van der Waals surface area contributed by atoms with E-state index in [4.69, 9.17) is 26.9 Å². The van der Waals surface area contributed by atoms with Crippen molar-refractivity contribution in [3.05, 3.63) is 28.3 Å². The van der Waals surface area contributed by atoms with E-state index in [2.05, 4.69) is 4.72 Å². The van der Waals surface area contributed by atoms with Crippen LogP contribution in [0.4, 0.5) is 0 Å². The van der Waals surface area contributed by atoms with Crippen LogP contribution in [0.15, 0.2) is 17.0 Å². The molecule has 0 saturated carbocycles. The Morgan fingerprint density at radius 1 is 1.45 bits per heavy atom. The molecule has 1 aromatic rings. The number of aromatic carboxylic acids is 1. The van der Waals surface area contributed by atoms with Crippen molar-refractivity contribution in [3.63, 3.8) is 0 Å². The Labute approximate surface area is 120 Å². The smallest absolute Gasteiger partial charge is 0.336 e. The van der Waals surface area contributed by atoms with Crippen LogP contribution in [0, 0.1) is 6.92 Å². The molecule has 1 rings (SSSR count). The largest absolute Gasteiger partial charge is 0.478 e. The van der Waals surface area contributed by atoms with Crippen molar-refractivity contribution in [1.82, 2.24) is 4.72 Å². The molecule has 20 heavy (non-hydrogen) atoms. The van der Waals surface area contributed by atoms with Crippen molar-refractivity contribution < 1.29 is 28.5 Å². The van der Waals surface area contributed by atoms with Crippen LogP contribution in [-0.2, 0) is 10.0 Å². The maximum atomic E-state index is 12.0. The number of aliphatic hydroxyl groups is 2. The highest BCUT2D eigenvalue weighted by molar-refractivity contribution is 7.89. The third kappa shape index (κ3) is 3.90. The van der Waals surface area contributed by atoms with Crippen molar-refractivity contribution in [3.8, 4) is 0 Å². The molecule has 1 unspecified atom stereocenters. The van der Waals surface area contributed by atoms with Crippen molar-refractivity contribution in [2.45, 2.75) is 17.9 Å². The molecular formula is C11H14ClNO6S. The monoisotopic (exact) mass is 323 g/mol. The van der Waals surface area contributed by atoms with Crippen molar-refractivity contribution in [1.29, 1.82) is 0 Å². The van der Waals surface area contributed by atoms with Crippen LogP contribution in [-0.4, -0.2) is 49.0 Å². The van der Waals surface area contributed by atoms with Gasteiger partial charge in [-0.3, -0.25) is 0 Å². The molecule has 0 aliphatic heterocycles. The van der Waals surface area contributed by atoms with E-state index in [9.17, 15) is 13.2 Å². The summed E-state index contributed by atoms with van der Waals surface area (Å²) in [6.07, 6.45) is -1.25. The molecule has 0 saturated heterocycles. The van der Waals surface area contributed by atoms with Crippen molar-refractivity contribution in [2.24, 2.45) is 0 Å². The predicted octanol–water partition coefficient (Wildman–Crippen LogP) is -0.0219. The van der Waals surface area contributed by atoms with E-state index in [1.165, 1.54) is 6.92 Å². The second-order valence-electron chi connectivity index (χ2n) is 4.07. The van der Waals surface area contributed by atoms with E-state index in [0.717, 1.165) is 12.1 Å². The van der Waals surface area contributed by atoms with Crippen LogP contribution in [0.1, 0.15) is 15.9 Å². The van der Waals surface area contributed by atoms with Gasteiger partial charge in [0.05, 0.1) is 23.2 Å². The summed E-state index contributed by atoms with van der Waals surface area (Å²) in [5.41, 5.74) is -0.187. The molecule has 0 fully saturated rings. The Kier molecular flexibility index (Phi) is 5.49. The first-order valence-corrected chi connectivity index (χ1v) is 7.37. The number of rotatable bonds is 6. The molecule has 0 heterocycles. The van der Waals surface area contributed by atoms with Gasteiger partial charge in [-0.1, -0.05) is 11.6 Å². The summed E-state index contributed by atoms with van der Waals surface area (Å²) in [5.74, 6) is -1.29. The highest BCUT2D eigenvalue weighted by Gasteiger charge is 2.22. The van der Waals surface area contributed by atoms with Gasteiger partial charge in [0.2, 0.25) is 10.0 Å². The minimum atomic E-state index is -4.04. The molecule has 0 bridgehead atoms. The van der Waals surface area contributed by atoms with Crippen LogP contribution < -0.4 is 4.72 Å². The molecule has 0 radical (unpaired) electrons. The van der Waals surface area contributed by atoms with Crippen LogP contribution >= 0.6 is 11.6 Å². The number of halogens is 1. The Bertz CT molecular complexity index is 616. The molecule has 0 amide bonds. The van der Waals surface area contributed by atoms with Gasteiger partial charge in [0, 0.05) is 11.6 Å². The molecule has 0 aromatic heterocycles. The Balaban J connectivity index is 3.21. The molecule has 0 aliphatic carbocycles. The highest BCUT2D eigenvalue weighted by atomic mass is 35.5. The average molecular weight is 324 g/mol. The summed E-state index contributed by atoms with van der Waals surface area (Å²) in [6, 6.07) is 2.28. The number of sulfonamides is 1. The second-order valence-corrected chi connectivity index (χ2v) is 6.24. The normalized spacial score (nSPS) is 13.2. The Hall–Kier alpha value is -1.19. The summed E-state index contributed by atoms with van der Waals surface area (Å²) in [6.45, 7) is 0.349. The third-order valence-electron chi connectivity index (χ3n) is 2.56. The van der Waals surface area contributed by atoms with Gasteiger partial charge in [-0.25, -0.2) is 17.9 Å². The SMILES string of the molecule is Cc1c(C(=O)O)cc(Cl)cc1S(=O)(=O)NCC(O)CO. The Morgan fingerprint density at radius 2 is 2.05 bits per heavy atom. The molecule has 112 valence electrons. The van der Waals surface area contributed by atoms with Crippen LogP contribution in [0.2, 0.25) is 5.02 Å². The van der Waals surface area contributed by atoms with Crippen LogP contribution in [0.3, 0.4) is 0 Å². The van der Waals surface area contributed by atoms with Gasteiger partial charge in [-0.05, 0) is 24.6 Å². The van der Waals surface area contributed by atoms with Gasteiger partial charge in [-0.15, -0.1) is 0 Å². The lowest BCUT2D eigenvalue weighted by Crippen LogP contribution is -2.34. The van der Waals surface area contributed by atoms with E-state index in [0.29, 0.717) is 0 Å². The molecule has 7 nitrogen and oxygen atoms in total. The first-order chi connectivity index (χ1) is 9.19. The van der Waals surface area contributed by atoms with Crippen molar-refractivity contribution in [2.75, 3.05) is 13.2 Å². The fourth-order valence-corrected chi connectivity index (χ4v) is 3.15. The molecule has 9 heteroatoms. The standard InChI is InChI=1S/C11H14ClNO6S/c1-6-9(11(16)17)2-7(12)3-10(6)20(18,19)13-4-8(15)5-14/h2-3,8,13-15H,4-5H2,1H3,(H,16,17). The lowest BCUT2D eigenvalue weighted by molar-refractivity contribution is 0.0695. The number of nitrogens with one attached hydrogen (secondary N) is 1. The van der Waals surface area contributed by atoms with E-state index >= 15 is 0 Å². The van der Waals surface area contributed by atoms with E-state index < -0.39 is 35.2 Å². The molecule has 0 aliphatic rings. The molecule has 1 atom stereocenters. The summed E-state index contributed by atoms with van der Waals surface area (Å²) < 4.78 is 26.2. The first kappa shape index (κ1) is 16.9. The fraction of sp³-hybridized carbons (Fsp3) is 0.364. The minimum absolute atomic E-state index is 0.0314. The number of aliphatic hydroxyl groups excluding tert-OH is 2. The summed E-state index contributed by atoms with van der Waals surface area (Å²) in [4.78, 5) is 10.7. The molecule has 0 spiro atoms. The Morgan fingerprint density at radius 3 is 2.55 bits per heavy atom. The number of carboxylic acid groups (broad SMARTS) is 1. The molecule has 4 N–H and O–H groups in total. The third-order valence-corrected chi connectivity index (χ3v) is 4.33. The number of hydrogen-bond donors (Lipinski definition) is 4. The predicted molar refractivity (Wildman–Crippen MR) is 71.4 cm³/mol. The van der Waals surface area contributed by atoms with Gasteiger partial charge in [-0.2, -0.15) is 0 Å². The van der Waals surface area contributed by atoms with Crippen LogP contribution in [0.5, 0.6) is 0 Å². The second kappa shape index (κ2) is 6.51. The van der Waals surface area contributed by atoms with E-state index in [1.54, 1.807) is 0 Å². The number of benzene rings is 1. The number of carboxylic acids is 1. The van der Waals surface area contributed by atoms with Gasteiger partial charge in [0.15, 0.2) is 0 Å². The van der Waals surface area contributed by atoms with Crippen molar-refractivity contribution >= 4 is 27.6 Å². The quantitative estimate of drug-likeness (QED) is 0.583. The summed E-state index contributed by atoms with van der Waals surface area (Å²) >= 11 is 5.72. The minimum Gasteiger partial charge on any atom is -0.478 e. The van der Waals surface area contributed by atoms with E-state index in [1.807, 2.05) is 0 Å². The molecular weight excluding hydrogens is 310 g/mol. The fourth-order valence-electron chi connectivity index (χ4n) is 1.50. The maximum absolute atomic E-state index is 12.0. The average Bonchev–Trinajstić information content (AvgIpc) is 2.37. The zero-order valence-electron chi connectivity index (χ0n) is 10.5. The number of carbonyl (C=O) groups is 1. The summed E-state index contributed by atoms with van der Waals surface area (Å²) in [5, 5.41) is 26.7. The van der Waals surface area contributed by atoms with Gasteiger partial charge >= 0.3 is 5.97 Å². The van der Waals surface area contributed by atoms with E-state index in [-0.39, 0.29) is 21.0 Å². The lowest BCUT2D eigenvalue weighted by atomic mass is 10.1. The molecule has 1 aromatic carbocycles. The van der Waals surface area contributed by atoms with Gasteiger partial charge in [0.1, 0.15) is 0 Å². The maximum Gasteiger partial charge on any atom is 0.336 e. The zero-order valence-corrected chi connectivity index (χ0v) is 12.1. The van der Waals surface area contributed by atoms with Gasteiger partial charge in [0.25, 0.3) is 0 Å². The topological polar surface area (TPSA) is 124 Å². The van der Waals surface area contributed by atoms with Gasteiger partial charge < -0.3 is 15.3 Å². The number of hydrogen-bond acceptors (Lipinski definition) is 5. The lowest BCUT2D eigenvalue weighted by Gasteiger charge is -2.13. The van der Waals surface area contributed by atoms with Crippen LogP contribution in [0.25, 0.3) is 0 Å².